The first-order valence-electron chi connectivity index (χ1n) is 8.40. The third-order valence-corrected chi connectivity index (χ3v) is 4.84. The van der Waals surface area contributed by atoms with Crippen LogP contribution in [0.25, 0.3) is 0 Å². The average Bonchev–Trinajstić information content (AvgIpc) is 2.67. The molecule has 0 unspecified atom stereocenters. The molecule has 1 fully saturated rings. The summed E-state index contributed by atoms with van der Waals surface area (Å²) in [5.74, 6) is -1.56. The number of methoxy groups -OCH3 is 1. The van der Waals surface area contributed by atoms with Crippen LogP contribution in [0.4, 0.5) is 5.69 Å². The molecule has 0 bridgehead atoms. The topological polar surface area (TPSA) is 79.5 Å². The minimum Gasteiger partial charge on any atom is -0.465 e. The highest BCUT2D eigenvalue weighted by Gasteiger charge is 2.37. The van der Waals surface area contributed by atoms with Crippen LogP contribution in [0.3, 0.4) is 0 Å². The number of thiocarbonyl (C=S) groups is 1. The number of anilines is 1. The standard InChI is InChI=1S/C20H18ClN3O3S/c1-11-16(17(24-20(28)22-11)12-7-9-13(21)10-8-12)18(25)23-15-6-4-3-5-14(15)19(26)27-2/h3-10,16-17H,1H2,2H3,(H,23,25)(H2,22,24,28)/t16-,17+/m0/s1. The third-order valence-electron chi connectivity index (χ3n) is 4.37. The van der Waals surface area contributed by atoms with Crippen molar-refractivity contribution in [2.75, 3.05) is 12.4 Å². The van der Waals surface area contributed by atoms with E-state index in [1.165, 1.54) is 7.11 Å². The first-order chi connectivity index (χ1) is 13.4. The summed E-state index contributed by atoms with van der Waals surface area (Å²) in [5.41, 5.74) is 1.90. The highest BCUT2D eigenvalue weighted by Crippen LogP contribution is 2.31. The van der Waals surface area contributed by atoms with Gasteiger partial charge in [-0.3, -0.25) is 4.79 Å². The molecule has 1 saturated heterocycles. The molecular formula is C20H18ClN3O3S. The van der Waals surface area contributed by atoms with Crippen LogP contribution in [0.15, 0.2) is 60.8 Å². The number of benzene rings is 2. The van der Waals surface area contributed by atoms with Crippen LogP contribution in [0.2, 0.25) is 5.02 Å². The van der Waals surface area contributed by atoms with E-state index in [1.807, 2.05) is 12.1 Å². The second kappa shape index (κ2) is 8.41. The van der Waals surface area contributed by atoms with Crippen LogP contribution in [0.5, 0.6) is 0 Å². The van der Waals surface area contributed by atoms with Crippen LogP contribution in [-0.2, 0) is 9.53 Å². The smallest absolute Gasteiger partial charge is 0.339 e. The number of hydrogen-bond acceptors (Lipinski definition) is 4. The molecule has 2 atom stereocenters. The number of amides is 1. The van der Waals surface area contributed by atoms with Crippen LogP contribution >= 0.6 is 23.8 Å². The summed E-state index contributed by atoms with van der Waals surface area (Å²) in [5, 5.41) is 9.79. The second-order valence-electron chi connectivity index (χ2n) is 6.16. The first-order valence-corrected chi connectivity index (χ1v) is 9.19. The van der Waals surface area contributed by atoms with E-state index in [0.717, 1.165) is 5.56 Å². The Morgan fingerprint density at radius 3 is 2.54 bits per heavy atom. The summed E-state index contributed by atoms with van der Waals surface area (Å²) in [7, 11) is 1.29. The Morgan fingerprint density at radius 1 is 1.18 bits per heavy atom. The molecule has 0 radical (unpaired) electrons. The van der Waals surface area contributed by atoms with Gasteiger partial charge in [0.25, 0.3) is 0 Å². The normalized spacial score (nSPS) is 18.6. The molecule has 144 valence electrons. The van der Waals surface area contributed by atoms with Crippen LogP contribution in [0, 0.1) is 5.92 Å². The first kappa shape index (κ1) is 19.9. The van der Waals surface area contributed by atoms with Gasteiger partial charge in [0.2, 0.25) is 5.91 Å². The molecule has 0 spiro atoms. The van der Waals surface area contributed by atoms with Gasteiger partial charge >= 0.3 is 5.97 Å². The summed E-state index contributed by atoms with van der Waals surface area (Å²) < 4.78 is 4.78. The van der Waals surface area contributed by atoms with Gasteiger partial charge in [0.1, 0.15) is 5.92 Å². The molecule has 1 amide bonds. The highest BCUT2D eigenvalue weighted by molar-refractivity contribution is 7.80. The number of esters is 1. The Morgan fingerprint density at radius 2 is 1.86 bits per heavy atom. The molecule has 1 heterocycles. The van der Waals surface area contributed by atoms with Gasteiger partial charge in [-0.15, -0.1) is 0 Å². The zero-order chi connectivity index (χ0) is 20.3. The number of hydrogen-bond donors (Lipinski definition) is 3. The van der Waals surface area contributed by atoms with Crippen molar-refractivity contribution in [1.29, 1.82) is 0 Å². The summed E-state index contributed by atoms with van der Waals surface area (Å²) in [4.78, 5) is 25.1. The van der Waals surface area contributed by atoms with Gasteiger partial charge in [-0.1, -0.05) is 42.4 Å². The predicted octanol–water partition coefficient (Wildman–Crippen LogP) is 3.41. The Hall–Kier alpha value is -2.90. The highest BCUT2D eigenvalue weighted by atomic mass is 35.5. The molecule has 3 N–H and O–H groups in total. The molecule has 8 heteroatoms. The number of rotatable bonds is 4. The van der Waals surface area contributed by atoms with Gasteiger partial charge < -0.3 is 20.7 Å². The SMILES string of the molecule is C=C1NC(=S)N[C@H](c2ccc(Cl)cc2)[C@H]1C(=O)Nc1ccccc1C(=O)OC. The Labute approximate surface area is 172 Å². The molecule has 0 saturated carbocycles. The van der Waals surface area contributed by atoms with E-state index < -0.39 is 17.9 Å². The summed E-state index contributed by atoms with van der Waals surface area (Å²) in [6, 6.07) is 13.3. The fourth-order valence-corrected chi connectivity index (χ4v) is 3.42. The van der Waals surface area contributed by atoms with E-state index >= 15 is 0 Å². The summed E-state index contributed by atoms with van der Waals surface area (Å²) in [6.45, 7) is 3.96. The lowest BCUT2D eigenvalue weighted by Gasteiger charge is -2.35. The van der Waals surface area contributed by atoms with Crippen molar-refractivity contribution < 1.29 is 14.3 Å². The summed E-state index contributed by atoms with van der Waals surface area (Å²) >= 11 is 11.2. The largest absolute Gasteiger partial charge is 0.465 e. The molecule has 3 rings (SSSR count). The fourth-order valence-electron chi connectivity index (χ4n) is 3.03. The average molecular weight is 416 g/mol. The fraction of sp³-hybridized carbons (Fsp3) is 0.150. The zero-order valence-corrected chi connectivity index (χ0v) is 16.6. The number of para-hydroxylation sites is 1. The maximum atomic E-state index is 13.1. The van der Waals surface area contributed by atoms with Crippen LogP contribution < -0.4 is 16.0 Å². The van der Waals surface area contributed by atoms with E-state index in [2.05, 4.69) is 22.5 Å². The molecule has 28 heavy (non-hydrogen) atoms. The van der Waals surface area contributed by atoms with Gasteiger partial charge in [-0.05, 0) is 42.0 Å². The van der Waals surface area contributed by atoms with Gasteiger partial charge in [0, 0.05) is 10.7 Å². The summed E-state index contributed by atoms with van der Waals surface area (Å²) in [6.07, 6.45) is 0. The van der Waals surface area contributed by atoms with Gasteiger partial charge in [0.05, 0.1) is 24.4 Å². The molecule has 2 aromatic rings. The lowest BCUT2D eigenvalue weighted by atomic mass is 9.88. The number of carbonyl (C=O) groups excluding carboxylic acids is 2. The van der Waals surface area contributed by atoms with E-state index in [4.69, 9.17) is 28.6 Å². The molecule has 6 nitrogen and oxygen atoms in total. The lowest BCUT2D eigenvalue weighted by molar-refractivity contribution is -0.119. The van der Waals surface area contributed by atoms with E-state index in [1.54, 1.807) is 36.4 Å². The predicted molar refractivity (Wildman–Crippen MR) is 112 cm³/mol. The van der Waals surface area contributed by atoms with Crippen molar-refractivity contribution >= 4 is 46.5 Å². The Balaban J connectivity index is 1.92. The van der Waals surface area contributed by atoms with E-state index in [-0.39, 0.29) is 11.5 Å². The maximum Gasteiger partial charge on any atom is 0.339 e. The molecule has 0 aromatic heterocycles. The van der Waals surface area contributed by atoms with Gasteiger partial charge in [-0.25, -0.2) is 4.79 Å². The van der Waals surface area contributed by atoms with Crippen molar-refractivity contribution in [2.24, 2.45) is 5.92 Å². The number of carbonyl (C=O) groups is 2. The minimum atomic E-state index is -0.682. The third kappa shape index (κ3) is 4.16. The number of nitrogens with one attached hydrogen (secondary N) is 3. The lowest BCUT2D eigenvalue weighted by Crippen LogP contribution is -2.51. The zero-order valence-electron chi connectivity index (χ0n) is 15.0. The molecular weight excluding hydrogens is 398 g/mol. The quantitative estimate of drug-likeness (QED) is 0.524. The van der Waals surface area contributed by atoms with Crippen molar-refractivity contribution in [1.82, 2.24) is 10.6 Å². The minimum absolute atomic E-state index is 0.263. The van der Waals surface area contributed by atoms with Gasteiger partial charge in [0.15, 0.2) is 5.11 Å². The monoisotopic (exact) mass is 415 g/mol. The van der Waals surface area contributed by atoms with Crippen molar-refractivity contribution in [3.8, 4) is 0 Å². The Kier molecular flexibility index (Phi) is 5.96. The van der Waals surface area contributed by atoms with Crippen molar-refractivity contribution in [3.63, 3.8) is 0 Å². The number of ether oxygens (including phenoxy) is 1. The van der Waals surface area contributed by atoms with E-state index in [0.29, 0.717) is 21.5 Å². The Bertz CT molecular complexity index is 946. The van der Waals surface area contributed by atoms with Crippen molar-refractivity contribution in [2.45, 2.75) is 6.04 Å². The van der Waals surface area contributed by atoms with Crippen LogP contribution in [0.1, 0.15) is 22.0 Å². The van der Waals surface area contributed by atoms with Crippen LogP contribution in [-0.4, -0.2) is 24.1 Å². The molecule has 1 aliphatic heterocycles. The molecule has 2 aromatic carbocycles. The van der Waals surface area contributed by atoms with Crippen molar-refractivity contribution in [3.05, 3.63) is 77.0 Å². The van der Waals surface area contributed by atoms with Gasteiger partial charge in [-0.2, -0.15) is 0 Å². The maximum absolute atomic E-state index is 13.1. The molecule has 1 aliphatic rings. The second-order valence-corrected chi connectivity index (χ2v) is 7.00. The van der Waals surface area contributed by atoms with E-state index in [9.17, 15) is 9.59 Å². The number of halogens is 1. The molecule has 0 aliphatic carbocycles.